The first-order valence-electron chi connectivity index (χ1n) is 5.82. The van der Waals surface area contributed by atoms with Crippen molar-refractivity contribution in [3.63, 3.8) is 0 Å². The molecule has 0 aliphatic carbocycles. The van der Waals surface area contributed by atoms with Gasteiger partial charge in [0, 0.05) is 17.8 Å². The maximum Gasteiger partial charge on any atom is 0.0823 e. The van der Waals surface area contributed by atoms with Crippen LogP contribution < -0.4 is 0 Å². The fraction of sp³-hybridized carbons (Fsp3) is 0.750. The first-order valence-corrected chi connectivity index (χ1v) is 7.22. The van der Waals surface area contributed by atoms with Gasteiger partial charge in [-0.2, -0.15) is 16.9 Å². The largest absolute Gasteiger partial charge is 0.388 e. The van der Waals surface area contributed by atoms with E-state index in [1.54, 1.807) is 0 Å². The van der Waals surface area contributed by atoms with Crippen molar-refractivity contribution >= 4 is 11.8 Å². The third kappa shape index (κ3) is 3.01. The van der Waals surface area contributed by atoms with Crippen LogP contribution in [-0.2, 0) is 6.54 Å². The van der Waals surface area contributed by atoms with Gasteiger partial charge in [0.15, 0.2) is 0 Å². The quantitative estimate of drug-likeness (QED) is 0.779. The van der Waals surface area contributed by atoms with E-state index in [-0.39, 0.29) is 6.10 Å². The predicted molar refractivity (Wildman–Crippen MR) is 70.0 cm³/mol. The zero-order chi connectivity index (χ0) is 12.1. The number of aromatic nitrogens is 2. The van der Waals surface area contributed by atoms with Crippen molar-refractivity contribution in [2.24, 2.45) is 0 Å². The molecular formula is C12H22N2OS. The molecule has 92 valence electrons. The van der Waals surface area contributed by atoms with Gasteiger partial charge in [-0.1, -0.05) is 6.92 Å². The molecule has 1 rings (SSSR count). The SMILES string of the molecule is CCC(O)c1c(C)nn(CCCSC)c1C. The molecule has 0 saturated carbocycles. The molecule has 1 heterocycles. The van der Waals surface area contributed by atoms with Crippen molar-refractivity contribution in [2.75, 3.05) is 12.0 Å². The highest BCUT2D eigenvalue weighted by Gasteiger charge is 2.17. The minimum absolute atomic E-state index is 0.366. The minimum Gasteiger partial charge on any atom is -0.388 e. The zero-order valence-electron chi connectivity index (χ0n) is 10.7. The van der Waals surface area contributed by atoms with Crippen LogP contribution in [0.4, 0.5) is 0 Å². The van der Waals surface area contributed by atoms with E-state index < -0.39 is 0 Å². The molecule has 1 aromatic heterocycles. The van der Waals surface area contributed by atoms with E-state index in [0.29, 0.717) is 0 Å². The Morgan fingerprint density at radius 3 is 2.69 bits per heavy atom. The average Bonchev–Trinajstić information content (AvgIpc) is 2.54. The lowest BCUT2D eigenvalue weighted by molar-refractivity contribution is 0.172. The Kier molecular flexibility index (Phi) is 5.35. The number of rotatable bonds is 6. The summed E-state index contributed by atoms with van der Waals surface area (Å²) < 4.78 is 2.03. The van der Waals surface area contributed by atoms with E-state index in [9.17, 15) is 5.11 Å². The molecule has 0 spiro atoms. The Bertz CT molecular complexity index is 336. The Balaban J connectivity index is 2.80. The lowest BCUT2D eigenvalue weighted by atomic mass is 10.1. The Labute approximate surface area is 102 Å². The molecule has 4 heteroatoms. The third-order valence-electron chi connectivity index (χ3n) is 2.88. The molecule has 0 fully saturated rings. The van der Waals surface area contributed by atoms with E-state index in [4.69, 9.17) is 0 Å². The van der Waals surface area contributed by atoms with Crippen molar-refractivity contribution < 1.29 is 5.11 Å². The maximum atomic E-state index is 9.92. The van der Waals surface area contributed by atoms with Crippen LogP contribution in [0, 0.1) is 13.8 Å². The zero-order valence-corrected chi connectivity index (χ0v) is 11.5. The van der Waals surface area contributed by atoms with Gasteiger partial charge in [-0.15, -0.1) is 0 Å². The molecule has 1 aromatic rings. The van der Waals surface area contributed by atoms with Gasteiger partial charge in [0.1, 0.15) is 0 Å². The second-order valence-corrected chi connectivity index (χ2v) is 5.06. The number of hydrogen-bond donors (Lipinski definition) is 1. The minimum atomic E-state index is -0.366. The van der Waals surface area contributed by atoms with Crippen LogP contribution in [-0.4, -0.2) is 26.9 Å². The van der Waals surface area contributed by atoms with E-state index in [2.05, 4.69) is 11.4 Å². The smallest absolute Gasteiger partial charge is 0.0823 e. The number of hydrogen-bond acceptors (Lipinski definition) is 3. The molecule has 0 aromatic carbocycles. The Hall–Kier alpha value is -0.480. The monoisotopic (exact) mass is 242 g/mol. The highest BCUT2D eigenvalue weighted by molar-refractivity contribution is 7.98. The van der Waals surface area contributed by atoms with E-state index in [1.807, 2.05) is 37.2 Å². The molecule has 0 bridgehead atoms. The van der Waals surface area contributed by atoms with E-state index in [0.717, 1.165) is 42.1 Å². The first kappa shape index (κ1) is 13.6. The fourth-order valence-electron chi connectivity index (χ4n) is 1.97. The van der Waals surface area contributed by atoms with Gasteiger partial charge in [-0.25, -0.2) is 0 Å². The van der Waals surface area contributed by atoms with Gasteiger partial charge in [0.25, 0.3) is 0 Å². The lowest BCUT2D eigenvalue weighted by Gasteiger charge is -2.09. The summed E-state index contributed by atoms with van der Waals surface area (Å²) in [6, 6.07) is 0. The summed E-state index contributed by atoms with van der Waals surface area (Å²) in [5.74, 6) is 1.16. The molecular weight excluding hydrogens is 220 g/mol. The summed E-state index contributed by atoms with van der Waals surface area (Å²) in [5, 5.41) is 14.4. The molecule has 16 heavy (non-hydrogen) atoms. The molecule has 0 saturated heterocycles. The van der Waals surface area contributed by atoms with Crippen molar-refractivity contribution in [1.29, 1.82) is 0 Å². The molecule has 3 nitrogen and oxygen atoms in total. The van der Waals surface area contributed by atoms with Gasteiger partial charge in [-0.3, -0.25) is 4.68 Å². The predicted octanol–water partition coefficient (Wildman–Crippen LogP) is 2.70. The average molecular weight is 242 g/mol. The van der Waals surface area contributed by atoms with Crippen LogP contribution in [0.15, 0.2) is 0 Å². The summed E-state index contributed by atoms with van der Waals surface area (Å²) in [5.41, 5.74) is 3.11. The van der Waals surface area contributed by atoms with Gasteiger partial charge in [-0.05, 0) is 38.7 Å². The number of thioether (sulfide) groups is 1. The first-order chi connectivity index (χ1) is 7.61. The summed E-state index contributed by atoms with van der Waals surface area (Å²) in [6.07, 6.45) is 3.63. The normalized spacial score (nSPS) is 13.1. The summed E-state index contributed by atoms with van der Waals surface area (Å²) in [7, 11) is 0. The van der Waals surface area contributed by atoms with Crippen LogP contribution in [0.25, 0.3) is 0 Å². The van der Waals surface area contributed by atoms with Crippen LogP contribution in [0.2, 0.25) is 0 Å². The highest BCUT2D eigenvalue weighted by atomic mass is 32.2. The molecule has 0 aliphatic rings. The molecule has 1 unspecified atom stereocenters. The van der Waals surface area contributed by atoms with Gasteiger partial charge < -0.3 is 5.11 Å². The van der Waals surface area contributed by atoms with Gasteiger partial charge >= 0.3 is 0 Å². The van der Waals surface area contributed by atoms with Crippen molar-refractivity contribution in [2.45, 2.75) is 46.3 Å². The number of nitrogens with zero attached hydrogens (tertiary/aromatic N) is 2. The number of aryl methyl sites for hydroxylation is 2. The summed E-state index contributed by atoms with van der Waals surface area (Å²) >= 11 is 1.86. The second kappa shape index (κ2) is 6.30. The van der Waals surface area contributed by atoms with Crippen LogP contribution in [0.1, 0.15) is 42.8 Å². The fourth-order valence-corrected chi connectivity index (χ4v) is 2.39. The maximum absolute atomic E-state index is 9.92. The number of aliphatic hydroxyl groups excluding tert-OH is 1. The van der Waals surface area contributed by atoms with E-state index in [1.165, 1.54) is 0 Å². The lowest BCUT2D eigenvalue weighted by Crippen LogP contribution is -2.05. The molecule has 1 N–H and O–H groups in total. The summed E-state index contributed by atoms with van der Waals surface area (Å²) in [6.45, 7) is 6.97. The van der Waals surface area contributed by atoms with Crippen LogP contribution in [0.5, 0.6) is 0 Å². The molecule has 0 radical (unpaired) electrons. The van der Waals surface area contributed by atoms with Crippen LogP contribution >= 0.6 is 11.8 Å². The standard InChI is InChI=1S/C12H22N2OS/c1-5-11(15)12-9(2)13-14(10(12)3)7-6-8-16-4/h11,15H,5-8H2,1-4H3. The Morgan fingerprint density at radius 1 is 1.44 bits per heavy atom. The molecule has 0 aliphatic heterocycles. The second-order valence-electron chi connectivity index (χ2n) is 4.08. The summed E-state index contributed by atoms with van der Waals surface area (Å²) in [4.78, 5) is 0. The van der Waals surface area contributed by atoms with E-state index >= 15 is 0 Å². The van der Waals surface area contributed by atoms with Crippen LogP contribution in [0.3, 0.4) is 0 Å². The molecule has 1 atom stereocenters. The highest BCUT2D eigenvalue weighted by Crippen LogP contribution is 2.23. The third-order valence-corrected chi connectivity index (χ3v) is 3.57. The topological polar surface area (TPSA) is 38.1 Å². The van der Waals surface area contributed by atoms with Crippen molar-refractivity contribution in [1.82, 2.24) is 9.78 Å². The van der Waals surface area contributed by atoms with Crippen molar-refractivity contribution in [3.8, 4) is 0 Å². The van der Waals surface area contributed by atoms with Gasteiger partial charge in [0.05, 0.1) is 11.8 Å². The van der Waals surface area contributed by atoms with Crippen molar-refractivity contribution in [3.05, 3.63) is 17.0 Å². The number of aliphatic hydroxyl groups is 1. The Morgan fingerprint density at radius 2 is 2.12 bits per heavy atom. The molecule has 0 amide bonds. The van der Waals surface area contributed by atoms with Gasteiger partial charge in [0.2, 0.25) is 0 Å².